The summed E-state index contributed by atoms with van der Waals surface area (Å²) in [6, 6.07) is 12.2. The van der Waals surface area contributed by atoms with Crippen molar-refractivity contribution in [1.29, 1.82) is 0 Å². The van der Waals surface area contributed by atoms with Crippen LogP contribution in [-0.4, -0.2) is 47.3 Å². The number of piperidine rings is 1. The number of anilines is 2. The number of halogens is 3. The van der Waals surface area contributed by atoms with Crippen LogP contribution in [0.5, 0.6) is 5.75 Å². The number of hydrogen-bond donors (Lipinski definition) is 2. The molecule has 1 atom stereocenters. The van der Waals surface area contributed by atoms with Gasteiger partial charge in [0.15, 0.2) is 5.25 Å². The molecule has 174 valence electrons. The molecular formula is C22H20F3N3O4S. The van der Waals surface area contributed by atoms with Crippen molar-refractivity contribution in [3.05, 3.63) is 48.5 Å². The molecule has 0 spiro atoms. The summed E-state index contributed by atoms with van der Waals surface area (Å²) < 4.78 is 40.5. The lowest BCUT2D eigenvalue weighted by Gasteiger charge is -2.34. The van der Waals surface area contributed by atoms with E-state index in [2.05, 4.69) is 15.4 Å². The largest absolute Gasteiger partial charge is 0.573 e. The van der Waals surface area contributed by atoms with Crippen molar-refractivity contribution < 1.29 is 32.3 Å². The molecule has 1 unspecified atom stereocenters. The van der Waals surface area contributed by atoms with Crippen LogP contribution in [0.1, 0.15) is 12.8 Å². The maximum absolute atomic E-state index is 12.9. The minimum Gasteiger partial charge on any atom is -0.406 e. The predicted octanol–water partition coefficient (Wildman–Crippen LogP) is 3.88. The Balaban J connectivity index is 1.29. The fourth-order valence-electron chi connectivity index (χ4n) is 3.73. The van der Waals surface area contributed by atoms with Gasteiger partial charge in [-0.25, -0.2) is 0 Å². The molecule has 2 N–H and O–H groups in total. The van der Waals surface area contributed by atoms with Crippen LogP contribution >= 0.6 is 11.8 Å². The average Bonchev–Trinajstić information content (AvgIpc) is 2.78. The molecule has 3 amide bonds. The lowest BCUT2D eigenvalue weighted by Crippen LogP contribution is -2.48. The van der Waals surface area contributed by atoms with Crippen LogP contribution in [0.3, 0.4) is 0 Å². The zero-order chi connectivity index (χ0) is 23.6. The highest BCUT2D eigenvalue weighted by Crippen LogP contribution is 2.36. The first-order valence-corrected chi connectivity index (χ1v) is 11.1. The van der Waals surface area contributed by atoms with E-state index in [1.807, 2.05) is 18.2 Å². The molecule has 33 heavy (non-hydrogen) atoms. The second kappa shape index (κ2) is 9.34. The zero-order valence-electron chi connectivity index (χ0n) is 17.2. The van der Waals surface area contributed by atoms with E-state index < -0.39 is 11.6 Å². The van der Waals surface area contributed by atoms with Gasteiger partial charge in [0, 0.05) is 29.6 Å². The number of rotatable bonds is 4. The summed E-state index contributed by atoms with van der Waals surface area (Å²) in [6.45, 7) is 0.669. The van der Waals surface area contributed by atoms with Crippen molar-refractivity contribution in [3.63, 3.8) is 0 Å². The van der Waals surface area contributed by atoms with Gasteiger partial charge in [0.2, 0.25) is 17.7 Å². The quantitative estimate of drug-likeness (QED) is 0.650. The van der Waals surface area contributed by atoms with E-state index in [9.17, 15) is 27.6 Å². The van der Waals surface area contributed by atoms with Gasteiger partial charge in [-0.15, -0.1) is 24.9 Å². The topological polar surface area (TPSA) is 87.7 Å². The summed E-state index contributed by atoms with van der Waals surface area (Å²) in [5, 5.41) is 4.57. The van der Waals surface area contributed by atoms with Crippen LogP contribution in [0.4, 0.5) is 24.5 Å². The highest BCUT2D eigenvalue weighted by molar-refractivity contribution is 8.01. The van der Waals surface area contributed by atoms with E-state index in [-0.39, 0.29) is 29.4 Å². The van der Waals surface area contributed by atoms with Gasteiger partial charge in [-0.3, -0.25) is 14.4 Å². The van der Waals surface area contributed by atoms with Crippen LogP contribution in [0.25, 0.3) is 0 Å². The summed E-state index contributed by atoms with van der Waals surface area (Å²) in [4.78, 5) is 40.3. The van der Waals surface area contributed by atoms with Crippen LogP contribution in [-0.2, 0) is 14.4 Å². The minimum atomic E-state index is -4.78. The number of alkyl halides is 3. The monoisotopic (exact) mass is 479 g/mol. The van der Waals surface area contributed by atoms with Crippen molar-refractivity contribution in [3.8, 4) is 5.75 Å². The van der Waals surface area contributed by atoms with E-state index in [0.717, 1.165) is 17.0 Å². The van der Waals surface area contributed by atoms with Crippen molar-refractivity contribution in [1.82, 2.24) is 4.90 Å². The fraction of sp³-hybridized carbons (Fsp3) is 0.318. The SMILES string of the molecule is O=C(Nc1ccc(OC(F)(F)F)cc1)C1CCN(C(=O)C2Sc3ccccc3NC2=O)CC1. The standard InChI is InChI=1S/C22H20F3N3O4S/c23-22(24,25)32-15-7-5-14(6-8-15)26-19(29)13-9-11-28(12-10-13)21(31)18-20(30)27-16-3-1-2-4-17(16)33-18/h1-8,13,18H,9-12H2,(H,26,29)(H,27,30). The normalized spacial score (nSPS) is 18.8. The van der Waals surface area contributed by atoms with Crippen molar-refractivity contribution in [2.45, 2.75) is 29.3 Å². The smallest absolute Gasteiger partial charge is 0.406 e. The third-order valence-corrected chi connectivity index (χ3v) is 6.65. The molecular weight excluding hydrogens is 459 g/mol. The molecule has 0 bridgehead atoms. The third-order valence-electron chi connectivity index (χ3n) is 5.39. The molecule has 2 aromatic rings. The molecule has 7 nitrogen and oxygen atoms in total. The van der Waals surface area contributed by atoms with Crippen molar-refractivity contribution >= 4 is 40.9 Å². The van der Waals surface area contributed by atoms with E-state index in [1.54, 1.807) is 11.0 Å². The van der Waals surface area contributed by atoms with Gasteiger partial charge < -0.3 is 20.3 Å². The van der Waals surface area contributed by atoms with Gasteiger partial charge in [-0.1, -0.05) is 12.1 Å². The molecule has 1 saturated heterocycles. The Morgan fingerprint density at radius 2 is 1.73 bits per heavy atom. The van der Waals surface area contributed by atoms with E-state index in [0.29, 0.717) is 37.3 Å². The van der Waals surface area contributed by atoms with Gasteiger partial charge in [-0.2, -0.15) is 0 Å². The Labute approximate surface area is 191 Å². The summed E-state index contributed by atoms with van der Waals surface area (Å²) in [5.41, 5.74) is 1.03. The maximum atomic E-state index is 12.9. The summed E-state index contributed by atoms with van der Waals surface area (Å²) >= 11 is 1.22. The average molecular weight is 479 g/mol. The van der Waals surface area contributed by atoms with E-state index in [4.69, 9.17) is 0 Å². The van der Waals surface area contributed by atoms with Crippen LogP contribution in [0.15, 0.2) is 53.4 Å². The number of ether oxygens (including phenoxy) is 1. The molecule has 2 aromatic carbocycles. The predicted molar refractivity (Wildman–Crippen MR) is 116 cm³/mol. The second-order valence-electron chi connectivity index (χ2n) is 7.64. The number of fused-ring (bicyclic) bond motifs is 1. The number of amides is 3. The molecule has 4 rings (SSSR count). The lowest BCUT2D eigenvalue weighted by molar-refractivity contribution is -0.274. The highest BCUT2D eigenvalue weighted by Gasteiger charge is 2.37. The van der Waals surface area contributed by atoms with Gasteiger partial charge in [0.1, 0.15) is 5.75 Å². The molecule has 0 aliphatic carbocycles. The molecule has 2 aliphatic rings. The molecule has 1 fully saturated rings. The zero-order valence-corrected chi connectivity index (χ0v) is 18.0. The Morgan fingerprint density at radius 3 is 2.39 bits per heavy atom. The summed E-state index contributed by atoms with van der Waals surface area (Å²) in [5.74, 6) is -1.65. The lowest BCUT2D eigenvalue weighted by atomic mass is 9.95. The molecule has 0 radical (unpaired) electrons. The van der Waals surface area contributed by atoms with Gasteiger partial charge >= 0.3 is 6.36 Å². The molecule has 2 aliphatic heterocycles. The number of likely N-dealkylation sites (tertiary alicyclic amines) is 1. The summed E-state index contributed by atoms with van der Waals surface area (Å²) in [7, 11) is 0. The van der Waals surface area contributed by atoms with Crippen molar-refractivity contribution in [2.75, 3.05) is 23.7 Å². The first kappa shape index (κ1) is 23.0. The number of thioether (sulfide) groups is 1. The fourth-order valence-corrected chi connectivity index (χ4v) is 4.80. The second-order valence-corrected chi connectivity index (χ2v) is 8.79. The number of benzene rings is 2. The molecule has 11 heteroatoms. The first-order chi connectivity index (χ1) is 15.7. The molecule has 0 aromatic heterocycles. The molecule has 0 saturated carbocycles. The van der Waals surface area contributed by atoms with E-state index in [1.165, 1.54) is 23.9 Å². The maximum Gasteiger partial charge on any atom is 0.573 e. The van der Waals surface area contributed by atoms with Gasteiger partial charge in [0.25, 0.3) is 0 Å². The number of carbonyl (C=O) groups excluding carboxylic acids is 3. The third kappa shape index (κ3) is 5.59. The van der Waals surface area contributed by atoms with Crippen LogP contribution < -0.4 is 15.4 Å². The number of hydrogen-bond acceptors (Lipinski definition) is 5. The van der Waals surface area contributed by atoms with Crippen LogP contribution in [0.2, 0.25) is 0 Å². The highest BCUT2D eigenvalue weighted by atomic mass is 32.2. The Morgan fingerprint density at radius 1 is 1.06 bits per heavy atom. The number of para-hydroxylation sites is 1. The van der Waals surface area contributed by atoms with E-state index >= 15 is 0 Å². The van der Waals surface area contributed by atoms with Crippen LogP contribution in [0, 0.1) is 5.92 Å². The number of nitrogens with zero attached hydrogens (tertiary/aromatic N) is 1. The van der Waals surface area contributed by atoms with Crippen molar-refractivity contribution in [2.24, 2.45) is 5.92 Å². The van der Waals surface area contributed by atoms with Gasteiger partial charge in [-0.05, 0) is 49.2 Å². The number of nitrogens with one attached hydrogen (secondary N) is 2. The molecule has 2 heterocycles. The summed E-state index contributed by atoms with van der Waals surface area (Å²) in [6.07, 6.45) is -3.94. The number of carbonyl (C=O) groups is 3. The Bertz CT molecular complexity index is 1050. The van der Waals surface area contributed by atoms with Gasteiger partial charge in [0.05, 0.1) is 5.69 Å². The Hall–Kier alpha value is -3.21. The first-order valence-electron chi connectivity index (χ1n) is 10.2. The minimum absolute atomic E-state index is 0.273. The Kier molecular flexibility index (Phi) is 6.50.